The van der Waals surface area contributed by atoms with Crippen molar-refractivity contribution in [2.75, 3.05) is 0 Å². The van der Waals surface area contributed by atoms with Crippen LogP contribution < -0.4 is 29.6 Å². The van der Waals surface area contributed by atoms with E-state index in [0.29, 0.717) is 6.42 Å². The van der Waals surface area contributed by atoms with Crippen LogP contribution in [0.3, 0.4) is 0 Å². The van der Waals surface area contributed by atoms with Crippen molar-refractivity contribution in [3.63, 3.8) is 0 Å². The Bertz CT molecular complexity index is 416. The first-order chi connectivity index (χ1) is 10.2. The Morgan fingerprint density at radius 3 is 2.18 bits per heavy atom. The molecule has 0 amide bonds. The average Bonchev–Trinajstić information content (AvgIpc) is 2.87. The van der Waals surface area contributed by atoms with Gasteiger partial charge in [0.1, 0.15) is 6.04 Å². The third-order valence-electron chi connectivity index (χ3n) is 3.85. The fourth-order valence-electron chi connectivity index (χ4n) is 2.57. The summed E-state index contributed by atoms with van der Waals surface area (Å²) < 4.78 is 1.33. The van der Waals surface area contributed by atoms with Gasteiger partial charge in [-0.05, 0) is 6.42 Å². The van der Waals surface area contributed by atoms with Crippen molar-refractivity contribution in [3.8, 4) is 5.88 Å². The first kappa shape index (κ1) is 21.5. The fraction of sp³-hybridized carbons (Fsp3) is 0.750. The number of carboxylic acid groups (broad SMARTS) is 1. The van der Waals surface area contributed by atoms with E-state index in [4.69, 9.17) is 0 Å². The van der Waals surface area contributed by atoms with Gasteiger partial charge in [0.25, 0.3) is 0 Å². The van der Waals surface area contributed by atoms with E-state index in [1.165, 1.54) is 55.6 Å². The molecule has 0 saturated carbocycles. The average molecular weight is 320 g/mol. The molecule has 6 heteroatoms. The third kappa shape index (κ3) is 8.20. The molecule has 1 aromatic rings. The van der Waals surface area contributed by atoms with Crippen LogP contribution in [0, 0.1) is 0 Å². The SMILES string of the molecule is CCCCCCCCCCCC(C(=O)O)n1cncc1O.[H-].[Na+]. The molecule has 0 bridgehead atoms. The van der Waals surface area contributed by atoms with E-state index in [1.807, 2.05) is 0 Å². The Labute approximate surface area is 156 Å². The quantitative estimate of drug-likeness (QED) is 0.449. The summed E-state index contributed by atoms with van der Waals surface area (Å²) >= 11 is 0. The number of hydrogen-bond acceptors (Lipinski definition) is 3. The van der Waals surface area contributed by atoms with E-state index in [-0.39, 0.29) is 36.9 Å². The molecule has 122 valence electrons. The van der Waals surface area contributed by atoms with Gasteiger partial charge in [-0.25, -0.2) is 9.78 Å². The Hall–Kier alpha value is -0.520. The molecule has 0 aliphatic rings. The third-order valence-corrected chi connectivity index (χ3v) is 3.85. The first-order valence-corrected chi connectivity index (χ1v) is 8.10. The summed E-state index contributed by atoms with van der Waals surface area (Å²) in [5, 5.41) is 18.8. The molecule has 0 saturated heterocycles. The van der Waals surface area contributed by atoms with E-state index >= 15 is 0 Å². The van der Waals surface area contributed by atoms with Crippen molar-refractivity contribution < 1.29 is 46.0 Å². The summed E-state index contributed by atoms with van der Waals surface area (Å²) in [4.78, 5) is 15.0. The maximum absolute atomic E-state index is 11.3. The van der Waals surface area contributed by atoms with E-state index in [9.17, 15) is 15.0 Å². The smallest absolute Gasteiger partial charge is 1.00 e. The molecule has 2 N–H and O–H groups in total. The van der Waals surface area contributed by atoms with Crippen LogP contribution >= 0.6 is 0 Å². The molecule has 0 aliphatic carbocycles. The zero-order valence-electron chi connectivity index (χ0n) is 15.0. The Morgan fingerprint density at radius 2 is 1.73 bits per heavy atom. The molecule has 0 radical (unpaired) electrons. The number of carboxylic acids is 1. The van der Waals surface area contributed by atoms with Crippen LogP contribution in [0.2, 0.25) is 0 Å². The van der Waals surface area contributed by atoms with E-state index in [2.05, 4.69) is 11.9 Å². The molecule has 0 aliphatic heterocycles. The minimum atomic E-state index is -0.914. The maximum atomic E-state index is 11.3. The number of carbonyl (C=O) groups is 1. The van der Waals surface area contributed by atoms with Crippen LogP contribution in [0.15, 0.2) is 12.5 Å². The molecule has 0 fully saturated rings. The number of aliphatic carboxylic acids is 1. The number of aromatic nitrogens is 2. The minimum absolute atomic E-state index is 0. The van der Waals surface area contributed by atoms with Crippen molar-refractivity contribution in [1.29, 1.82) is 0 Å². The number of aromatic hydroxyl groups is 1. The Kier molecular flexibility index (Phi) is 12.7. The largest absolute Gasteiger partial charge is 1.00 e. The van der Waals surface area contributed by atoms with Gasteiger partial charge in [-0.15, -0.1) is 0 Å². The topological polar surface area (TPSA) is 75.3 Å². The zero-order valence-corrected chi connectivity index (χ0v) is 16.0. The van der Waals surface area contributed by atoms with Crippen molar-refractivity contribution in [2.45, 2.75) is 77.2 Å². The van der Waals surface area contributed by atoms with Crippen molar-refractivity contribution >= 4 is 5.97 Å². The summed E-state index contributed by atoms with van der Waals surface area (Å²) in [6, 6.07) is -0.711. The molecular weight excluding hydrogens is 291 g/mol. The predicted molar refractivity (Wildman–Crippen MR) is 83.5 cm³/mol. The van der Waals surface area contributed by atoms with E-state index < -0.39 is 12.0 Å². The predicted octanol–water partition coefficient (Wildman–Crippen LogP) is 1.25. The van der Waals surface area contributed by atoms with Gasteiger partial charge in [-0.1, -0.05) is 64.7 Å². The molecule has 0 aromatic carbocycles. The van der Waals surface area contributed by atoms with Crippen molar-refractivity contribution in [1.82, 2.24) is 9.55 Å². The van der Waals surface area contributed by atoms with Gasteiger partial charge in [0.2, 0.25) is 5.88 Å². The Morgan fingerprint density at radius 1 is 1.18 bits per heavy atom. The Balaban J connectivity index is 0. The van der Waals surface area contributed by atoms with Gasteiger partial charge in [0, 0.05) is 0 Å². The monoisotopic (exact) mass is 320 g/mol. The van der Waals surface area contributed by atoms with Gasteiger partial charge in [-0.3, -0.25) is 4.57 Å². The normalized spacial score (nSPS) is 11.9. The second kappa shape index (κ2) is 13.0. The number of unbranched alkanes of at least 4 members (excludes halogenated alkanes) is 8. The van der Waals surface area contributed by atoms with Crippen LogP contribution in [0.5, 0.6) is 5.88 Å². The fourth-order valence-corrected chi connectivity index (χ4v) is 2.57. The van der Waals surface area contributed by atoms with Crippen LogP contribution in [0.1, 0.15) is 78.6 Å². The summed E-state index contributed by atoms with van der Waals surface area (Å²) in [7, 11) is 0. The second-order valence-corrected chi connectivity index (χ2v) is 5.63. The van der Waals surface area contributed by atoms with Crippen molar-refractivity contribution in [3.05, 3.63) is 12.5 Å². The van der Waals surface area contributed by atoms with E-state index in [1.54, 1.807) is 0 Å². The molecule has 5 nitrogen and oxygen atoms in total. The summed E-state index contributed by atoms with van der Waals surface area (Å²) in [5.41, 5.74) is 0. The standard InChI is InChI=1S/C16H28N2O3.Na.H/c1-2-3-4-5-6-7-8-9-10-11-14(16(20)21)18-13-17-12-15(18)19;;/h12-14,19H,2-11H2,1H3,(H,20,21);;/q;+1;-1. The molecular formula is C16H29N2NaO3. The van der Waals surface area contributed by atoms with Crippen LogP contribution in [0.4, 0.5) is 0 Å². The van der Waals surface area contributed by atoms with E-state index in [0.717, 1.165) is 19.3 Å². The van der Waals surface area contributed by atoms with Crippen LogP contribution in [-0.4, -0.2) is 25.7 Å². The number of hydrogen-bond donors (Lipinski definition) is 2. The van der Waals surface area contributed by atoms with Gasteiger partial charge < -0.3 is 11.6 Å². The summed E-state index contributed by atoms with van der Waals surface area (Å²) in [5.74, 6) is -0.999. The number of imidazole rings is 1. The summed E-state index contributed by atoms with van der Waals surface area (Å²) in [6.07, 6.45) is 14.0. The van der Waals surface area contributed by atoms with Crippen molar-refractivity contribution in [2.24, 2.45) is 0 Å². The molecule has 22 heavy (non-hydrogen) atoms. The van der Waals surface area contributed by atoms with Crippen LogP contribution in [-0.2, 0) is 4.79 Å². The minimum Gasteiger partial charge on any atom is -1.00 e. The molecule has 1 aromatic heterocycles. The maximum Gasteiger partial charge on any atom is 1.00 e. The van der Waals surface area contributed by atoms with Gasteiger partial charge in [-0.2, -0.15) is 0 Å². The molecule has 0 spiro atoms. The molecule has 1 atom stereocenters. The van der Waals surface area contributed by atoms with Gasteiger partial charge in [0.05, 0.1) is 12.5 Å². The number of nitrogens with zero attached hydrogens (tertiary/aromatic N) is 2. The zero-order chi connectivity index (χ0) is 15.5. The first-order valence-electron chi connectivity index (χ1n) is 8.10. The molecule has 1 heterocycles. The van der Waals surface area contributed by atoms with Gasteiger partial charge >= 0.3 is 35.5 Å². The van der Waals surface area contributed by atoms with Crippen LogP contribution in [0.25, 0.3) is 0 Å². The second-order valence-electron chi connectivity index (χ2n) is 5.63. The molecule has 1 rings (SSSR count). The summed E-state index contributed by atoms with van der Waals surface area (Å²) in [6.45, 7) is 2.22. The van der Waals surface area contributed by atoms with Gasteiger partial charge in [0.15, 0.2) is 0 Å². The molecule has 1 unspecified atom stereocenters. The number of rotatable bonds is 12.